The maximum atomic E-state index is 13.1. The van der Waals surface area contributed by atoms with Crippen LogP contribution in [0.4, 0.5) is 14.2 Å². The van der Waals surface area contributed by atoms with Gasteiger partial charge in [-0.1, -0.05) is 23.5 Å². The van der Waals surface area contributed by atoms with E-state index >= 15 is 0 Å². The lowest BCUT2D eigenvalue weighted by atomic mass is 10.1. The van der Waals surface area contributed by atoms with Crippen molar-refractivity contribution in [2.75, 3.05) is 5.32 Å². The van der Waals surface area contributed by atoms with Crippen molar-refractivity contribution in [1.29, 1.82) is 0 Å². The standard InChI is InChI=1S/C20H19FN4O3S/c1-11-9-14(7-8-22-11)19-23-12(2)18(29-19)25-17(26)16(24-20(27)28)10-13-3-5-15(21)6-4-13/h3-9,16,24H,10H2,1-2H3,(H,25,26)(H,27,28)/t16-/m0/s1. The van der Waals surface area contributed by atoms with Gasteiger partial charge in [-0.3, -0.25) is 9.78 Å². The van der Waals surface area contributed by atoms with E-state index in [2.05, 4.69) is 20.6 Å². The molecule has 0 bridgehead atoms. The molecule has 0 spiro atoms. The van der Waals surface area contributed by atoms with E-state index in [4.69, 9.17) is 5.11 Å². The zero-order chi connectivity index (χ0) is 21.0. The van der Waals surface area contributed by atoms with Crippen LogP contribution >= 0.6 is 11.3 Å². The lowest BCUT2D eigenvalue weighted by Gasteiger charge is -2.16. The van der Waals surface area contributed by atoms with E-state index in [1.807, 2.05) is 19.1 Å². The van der Waals surface area contributed by atoms with Gasteiger partial charge in [0.05, 0.1) is 5.69 Å². The number of nitrogens with zero attached hydrogens (tertiary/aromatic N) is 2. The topological polar surface area (TPSA) is 104 Å². The van der Waals surface area contributed by atoms with Crippen molar-refractivity contribution in [1.82, 2.24) is 15.3 Å². The van der Waals surface area contributed by atoms with Crippen molar-refractivity contribution >= 4 is 28.3 Å². The first-order chi connectivity index (χ1) is 13.8. The Balaban J connectivity index is 1.78. The number of anilines is 1. The van der Waals surface area contributed by atoms with Crippen LogP contribution in [0, 0.1) is 19.7 Å². The Labute approximate surface area is 170 Å². The Morgan fingerprint density at radius 3 is 2.59 bits per heavy atom. The van der Waals surface area contributed by atoms with E-state index < -0.39 is 23.9 Å². The summed E-state index contributed by atoms with van der Waals surface area (Å²) in [6.07, 6.45) is 0.461. The molecule has 3 rings (SSSR count). The number of hydrogen-bond donors (Lipinski definition) is 3. The molecule has 2 aromatic heterocycles. The van der Waals surface area contributed by atoms with Crippen molar-refractivity contribution in [3.63, 3.8) is 0 Å². The summed E-state index contributed by atoms with van der Waals surface area (Å²) in [5, 5.41) is 15.3. The number of aryl methyl sites for hydroxylation is 2. The Hall–Kier alpha value is -3.33. The molecule has 0 radical (unpaired) electrons. The molecule has 0 aliphatic rings. The summed E-state index contributed by atoms with van der Waals surface area (Å²) >= 11 is 1.30. The summed E-state index contributed by atoms with van der Waals surface area (Å²) in [7, 11) is 0. The molecule has 0 aliphatic heterocycles. The predicted molar refractivity (Wildman–Crippen MR) is 109 cm³/mol. The number of amides is 2. The average molecular weight is 414 g/mol. The van der Waals surface area contributed by atoms with E-state index in [-0.39, 0.29) is 6.42 Å². The van der Waals surface area contributed by atoms with Crippen LogP contribution in [0.5, 0.6) is 0 Å². The molecule has 0 fully saturated rings. The zero-order valence-corrected chi connectivity index (χ0v) is 16.6. The number of aromatic nitrogens is 2. The third-order valence-corrected chi connectivity index (χ3v) is 5.27. The minimum Gasteiger partial charge on any atom is -0.465 e. The molecule has 2 heterocycles. The van der Waals surface area contributed by atoms with E-state index in [9.17, 15) is 14.0 Å². The van der Waals surface area contributed by atoms with Crippen molar-refractivity contribution in [2.45, 2.75) is 26.3 Å². The molecular weight excluding hydrogens is 395 g/mol. The molecule has 0 saturated heterocycles. The lowest BCUT2D eigenvalue weighted by molar-refractivity contribution is -0.118. The summed E-state index contributed by atoms with van der Waals surface area (Å²) < 4.78 is 13.1. The molecule has 9 heteroatoms. The number of thiazole rings is 1. The number of carbonyl (C=O) groups excluding carboxylic acids is 1. The first-order valence-corrected chi connectivity index (χ1v) is 9.58. The van der Waals surface area contributed by atoms with Gasteiger partial charge in [0, 0.05) is 23.9 Å². The number of halogens is 1. The van der Waals surface area contributed by atoms with Gasteiger partial charge < -0.3 is 15.7 Å². The van der Waals surface area contributed by atoms with E-state index in [1.165, 1.54) is 35.6 Å². The number of benzene rings is 1. The molecule has 0 aliphatic carbocycles. The molecule has 29 heavy (non-hydrogen) atoms. The van der Waals surface area contributed by atoms with Gasteiger partial charge in [-0.05, 0) is 43.7 Å². The van der Waals surface area contributed by atoms with Crippen LogP contribution in [0.3, 0.4) is 0 Å². The third kappa shape index (κ3) is 5.35. The smallest absolute Gasteiger partial charge is 0.405 e. The maximum absolute atomic E-state index is 13.1. The first-order valence-electron chi connectivity index (χ1n) is 8.77. The van der Waals surface area contributed by atoms with Gasteiger partial charge in [0.25, 0.3) is 0 Å². The Morgan fingerprint density at radius 1 is 1.21 bits per heavy atom. The number of rotatable bonds is 6. The van der Waals surface area contributed by atoms with Gasteiger partial charge in [-0.25, -0.2) is 14.2 Å². The lowest BCUT2D eigenvalue weighted by Crippen LogP contribution is -2.44. The van der Waals surface area contributed by atoms with Gasteiger partial charge >= 0.3 is 6.09 Å². The second kappa shape index (κ2) is 8.78. The van der Waals surface area contributed by atoms with Gasteiger partial charge in [0.1, 0.15) is 21.9 Å². The van der Waals surface area contributed by atoms with Gasteiger partial charge in [0.15, 0.2) is 0 Å². The SMILES string of the molecule is Cc1cc(-c2nc(C)c(NC(=O)[C@H](Cc3ccc(F)cc3)NC(=O)O)s2)ccn1. The van der Waals surface area contributed by atoms with E-state index in [0.29, 0.717) is 16.3 Å². The van der Waals surface area contributed by atoms with Crippen LogP contribution in [0.1, 0.15) is 17.0 Å². The fourth-order valence-corrected chi connectivity index (χ4v) is 3.69. The summed E-state index contributed by atoms with van der Waals surface area (Å²) in [5.41, 5.74) is 3.00. The van der Waals surface area contributed by atoms with Gasteiger partial charge in [0.2, 0.25) is 5.91 Å². The van der Waals surface area contributed by atoms with Crippen LogP contribution in [0.2, 0.25) is 0 Å². The van der Waals surface area contributed by atoms with Crippen molar-refractivity contribution < 1.29 is 19.1 Å². The van der Waals surface area contributed by atoms with Crippen LogP contribution < -0.4 is 10.6 Å². The monoisotopic (exact) mass is 414 g/mol. The largest absolute Gasteiger partial charge is 0.465 e. The Bertz CT molecular complexity index is 1040. The van der Waals surface area contributed by atoms with Crippen molar-refractivity contribution in [3.8, 4) is 10.6 Å². The maximum Gasteiger partial charge on any atom is 0.405 e. The number of nitrogens with one attached hydrogen (secondary N) is 2. The molecule has 7 nitrogen and oxygen atoms in total. The molecule has 3 N–H and O–H groups in total. The molecule has 2 amide bonds. The Morgan fingerprint density at radius 2 is 1.93 bits per heavy atom. The Kier molecular flexibility index (Phi) is 6.18. The minimum atomic E-state index is -1.32. The number of pyridine rings is 1. The van der Waals surface area contributed by atoms with Gasteiger partial charge in [-0.15, -0.1) is 0 Å². The summed E-state index contributed by atoms with van der Waals surface area (Å²) in [6, 6.07) is 8.25. The molecule has 1 aromatic carbocycles. The molecular formula is C20H19FN4O3S. The number of hydrogen-bond acceptors (Lipinski definition) is 5. The van der Waals surface area contributed by atoms with Crippen LogP contribution in [0.25, 0.3) is 10.6 Å². The number of carbonyl (C=O) groups is 2. The predicted octanol–water partition coefficient (Wildman–Crippen LogP) is 3.78. The molecule has 0 unspecified atom stereocenters. The first kappa shape index (κ1) is 20.4. The molecule has 3 aromatic rings. The molecule has 1 atom stereocenters. The van der Waals surface area contributed by atoms with Gasteiger partial charge in [-0.2, -0.15) is 0 Å². The zero-order valence-electron chi connectivity index (χ0n) is 15.8. The summed E-state index contributed by atoms with van der Waals surface area (Å²) in [5.74, 6) is -0.916. The highest BCUT2D eigenvalue weighted by Crippen LogP contribution is 2.32. The minimum absolute atomic E-state index is 0.0900. The van der Waals surface area contributed by atoms with E-state index in [0.717, 1.165) is 16.3 Å². The van der Waals surface area contributed by atoms with Crippen LogP contribution in [-0.2, 0) is 11.2 Å². The second-order valence-electron chi connectivity index (χ2n) is 6.44. The number of carboxylic acid groups (broad SMARTS) is 1. The van der Waals surface area contributed by atoms with E-state index in [1.54, 1.807) is 13.1 Å². The highest BCUT2D eigenvalue weighted by molar-refractivity contribution is 7.19. The summed E-state index contributed by atoms with van der Waals surface area (Å²) in [4.78, 5) is 32.5. The fourth-order valence-electron chi connectivity index (χ4n) is 2.73. The third-order valence-electron chi connectivity index (χ3n) is 4.14. The fraction of sp³-hybridized carbons (Fsp3) is 0.200. The normalized spacial score (nSPS) is 11.7. The highest BCUT2D eigenvalue weighted by atomic mass is 32.1. The molecule has 150 valence electrons. The quantitative estimate of drug-likeness (QED) is 0.569. The van der Waals surface area contributed by atoms with Crippen molar-refractivity contribution in [3.05, 3.63) is 65.4 Å². The van der Waals surface area contributed by atoms with Crippen molar-refractivity contribution in [2.24, 2.45) is 0 Å². The second-order valence-corrected chi connectivity index (χ2v) is 7.44. The molecule has 0 saturated carbocycles. The summed E-state index contributed by atoms with van der Waals surface area (Å²) in [6.45, 7) is 3.65. The highest BCUT2D eigenvalue weighted by Gasteiger charge is 2.23. The van der Waals surface area contributed by atoms with Crippen LogP contribution in [-0.4, -0.2) is 33.1 Å². The average Bonchev–Trinajstić information content (AvgIpc) is 3.03. The van der Waals surface area contributed by atoms with Crippen LogP contribution in [0.15, 0.2) is 42.6 Å².